The van der Waals surface area contributed by atoms with Crippen molar-refractivity contribution >= 4 is 11.8 Å². The normalized spacial score (nSPS) is 42.7. The van der Waals surface area contributed by atoms with Crippen molar-refractivity contribution in [3.05, 3.63) is 12.2 Å². The minimum Gasteiger partial charge on any atom is -0.373 e. The monoisotopic (exact) mass is 207 g/mol. The van der Waals surface area contributed by atoms with Gasteiger partial charge in [0.1, 0.15) is 0 Å². The topological polar surface area (TPSA) is 58.7 Å². The summed E-state index contributed by atoms with van der Waals surface area (Å²) >= 11 is 0. The Morgan fingerprint density at radius 1 is 1.53 bits per heavy atom. The van der Waals surface area contributed by atoms with Gasteiger partial charge in [0.05, 0.1) is 24.0 Å². The highest BCUT2D eigenvalue weighted by molar-refractivity contribution is 6.08. The average molecular weight is 207 g/mol. The zero-order valence-corrected chi connectivity index (χ0v) is 8.36. The number of carbonyl (C=O) groups excluding carboxylic acids is 2. The van der Waals surface area contributed by atoms with E-state index in [2.05, 4.69) is 5.32 Å². The molecular formula is C11H13NO3. The Morgan fingerprint density at radius 2 is 2.33 bits per heavy atom. The van der Waals surface area contributed by atoms with Crippen LogP contribution in [0.3, 0.4) is 0 Å². The molecule has 4 nitrogen and oxygen atoms in total. The van der Waals surface area contributed by atoms with Gasteiger partial charge in [0.2, 0.25) is 11.8 Å². The van der Waals surface area contributed by atoms with Crippen LogP contribution < -0.4 is 5.32 Å². The van der Waals surface area contributed by atoms with Crippen molar-refractivity contribution in [2.24, 2.45) is 11.3 Å². The maximum Gasteiger partial charge on any atom is 0.237 e. The third-order valence-electron chi connectivity index (χ3n) is 3.60. The van der Waals surface area contributed by atoms with E-state index < -0.39 is 5.41 Å². The number of nitrogens with one attached hydrogen (secondary N) is 1. The van der Waals surface area contributed by atoms with Crippen molar-refractivity contribution in [1.82, 2.24) is 5.32 Å². The lowest BCUT2D eigenvalue weighted by atomic mass is 9.69. The zero-order chi connectivity index (χ0) is 10.5. The van der Waals surface area contributed by atoms with Crippen molar-refractivity contribution in [2.45, 2.75) is 25.4 Å². The summed E-state index contributed by atoms with van der Waals surface area (Å²) in [6.45, 7) is 0.726. The first-order chi connectivity index (χ1) is 7.22. The van der Waals surface area contributed by atoms with E-state index in [1.165, 1.54) is 0 Å². The second-order valence-corrected chi connectivity index (χ2v) is 4.55. The third kappa shape index (κ3) is 1.24. The molecule has 3 atom stereocenters. The summed E-state index contributed by atoms with van der Waals surface area (Å²) in [5.41, 5.74) is -0.601. The Balaban J connectivity index is 1.97. The van der Waals surface area contributed by atoms with E-state index in [-0.39, 0.29) is 23.8 Å². The number of rotatable bonds is 2. The Morgan fingerprint density at radius 3 is 3.07 bits per heavy atom. The first-order valence-electron chi connectivity index (χ1n) is 5.37. The number of fused-ring (bicyclic) bond motifs is 1. The van der Waals surface area contributed by atoms with E-state index in [0.29, 0.717) is 6.42 Å². The largest absolute Gasteiger partial charge is 0.373 e. The smallest absolute Gasteiger partial charge is 0.237 e. The molecule has 3 rings (SSSR count). The Bertz CT molecular complexity index is 359. The number of hydrogen-bond acceptors (Lipinski definition) is 3. The van der Waals surface area contributed by atoms with Gasteiger partial charge in [-0.15, -0.1) is 0 Å². The van der Waals surface area contributed by atoms with Crippen LogP contribution in [0.1, 0.15) is 19.3 Å². The highest BCUT2D eigenvalue weighted by Gasteiger charge is 2.56. The number of imide groups is 1. The third-order valence-corrected chi connectivity index (χ3v) is 3.60. The molecule has 0 aromatic carbocycles. The first-order valence-corrected chi connectivity index (χ1v) is 5.37. The lowest BCUT2D eigenvalue weighted by Gasteiger charge is -2.30. The van der Waals surface area contributed by atoms with Crippen LogP contribution in [0.2, 0.25) is 0 Å². The minimum atomic E-state index is -0.601. The molecule has 80 valence electrons. The van der Waals surface area contributed by atoms with Crippen molar-refractivity contribution in [1.29, 1.82) is 0 Å². The van der Waals surface area contributed by atoms with E-state index in [1.54, 1.807) is 0 Å². The minimum absolute atomic E-state index is 0.106. The van der Waals surface area contributed by atoms with Gasteiger partial charge in [0.15, 0.2) is 0 Å². The van der Waals surface area contributed by atoms with Crippen molar-refractivity contribution in [3.63, 3.8) is 0 Å². The van der Waals surface area contributed by atoms with E-state index in [0.717, 1.165) is 19.4 Å². The molecule has 15 heavy (non-hydrogen) atoms. The number of ether oxygens (including phenoxy) is 1. The molecule has 2 heterocycles. The SMILES string of the molecule is O=C1NC(=O)C2(CC3CO3)C=CCCC12. The molecule has 0 aromatic rings. The van der Waals surface area contributed by atoms with E-state index in [1.807, 2.05) is 12.2 Å². The predicted octanol–water partition coefficient (Wildman–Crippen LogP) is 0.384. The molecule has 2 saturated heterocycles. The van der Waals surface area contributed by atoms with Crippen LogP contribution in [-0.4, -0.2) is 24.5 Å². The number of amides is 2. The maximum atomic E-state index is 11.9. The van der Waals surface area contributed by atoms with Crippen LogP contribution in [0.4, 0.5) is 0 Å². The average Bonchev–Trinajstić information content (AvgIpc) is 2.97. The fraction of sp³-hybridized carbons (Fsp3) is 0.636. The Kier molecular flexibility index (Phi) is 1.77. The lowest BCUT2D eigenvalue weighted by Crippen LogP contribution is -2.36. The van der Waals surface area contributed by atoms with Crippen LogP contribution in [0.5, 0.6) is 0 Å². The number of hydrogen-bond donors (Lipinski definition) is 1. The van der Waals surface area contributed by atoms with E-state index in [9.17, 15) is 9.59 Å². The van der Waals surface area contributed by atoms with Crippen molar-refractivity contribution < 1.29 is 14.3 Å². The van der Waals surface area contributed by atoms with Gasteiger partial charge in [0, 0.05) is 0 Å². The fourth-order valence-corrected chi connectivity index (χ4v) is 2.71. The van der Waals surface area contributed by atoms with Crippen LogP contribution >= 0.6 is 0 Å². The van der Waals surface area contributed by atoms with E-state index >= 15 is 0 Å². The second kappa shape index (κ2) is 2.92. The summed E-state index contributed by atoms with van der Waals surface area (Å²) in [5, 5.41) is 2.45. The van der Waals surface area contributed by atoms with Crippen LogP contribution in [-0.2, 0) is 14.3 Å². The van der Waals surface area contributed by atoms with Gasteiger partial charge >= 0.3 is 0 Å². The summed E-state index contributed by atoms with van der Waals surface area (Å²) in [6, 6.07) is 0. The van der Waals surface area contributed by atoms with Crippen molar-refractivity contribution in [3.8, 4) is 0 Å². The number of carbonyl (C=O) groups is 2. The molecule has 3 aliphatic rings. The molecule has 0 saturated carbocycles. The van der Waals surface area contributed by atoms with Gasteiger partial charge in [-0.25, -0.2) is 0 Å². The summed E-state index contributed by atoms with van der Waals surface area (Å²) in [6.07, 6.45) is 6.43. The molecule has 2 aliphatic heterocycles. The van der Waals surface area contributed by atoms with Gasteiger partial charge in [-0.1, -0.05) is 12.2 Å². The molecule has 2 fully saturated rings. The predicted molar refractivity (Wildman–Crippen MR) is 51.8 cm³/mol. The summed E-state index contributed by atoms with van der Waals surface area (Å²) in [4.78, 5) is 23.5. The molecule has 4 heteroatoms. The molecule has 0 aromatic heterocycles. The standard InChI is InChI=1S/C11H13NO3/c13-9-8-3-1-2-4-11(8,10(14)12-9)5-7-6-15-7/h2,4,7-8H,1,3,5-6H2,(H,12,13,14). The van der Waals surface area contributed by atoms with Gasteiger partial charge < -0.3 is 4.74 Å². The highest BCUT2D eigenvalue weighted by Crippen LogP contribution is 2.46. The summed E-state index contributed by atoms with van der Waals surface area (Å²) in [5.74, 6) is -0.409. The molecule has 1 N–H and O–H groups in total. The Hall–Kier alpha value is -1.16. The zero-order valence-electron chi connectivity index (χ0n) is 8.36. The first kappa shape index (κ1) is 9.09. The Labute approximate surface area is 87.7 Å². The fourth-order valence-electron chi connectivity index (χ4n) is 2.71. The summed E-state index contributed by atoms with van der Waals surface area (Å²) < 4.78 is 5.17. The molecular weight excluding hydrogens is 194 g/mol. The number of epoxide rings is 1. The lowest BCUT2D eigenvalue weighted by molar-refractivity contribution is -0.127. The molecule has 1 aliphatic carbocycles. The molecule has 0 spiro atoms. The van der Waals surface area contributed by atoms with Crippen LogP contribution in [0.15, 0.2) is 12.2 Å². The van der Waals surface area contributed by atoms with Gasteiger partial charge in [-0.2, -0.15) is 0 Å². The summed E-state index contributed by atoms with van der Waals surface area (Å²) in [7, 11) is 0. The molecule has 3 unspecified atom stereocenters. The maximum absolute atomic E-state index is 11.9. The van der Waals surface area contributed by atoms with Crippen LogP contribution in [0.25, 0.3) is 0 Å². The van der Waals surface area contributed by atoms with Gasteiger partial charge in [-0.05, 0) is 19.3 Å². The number of allylic oxidation sites excluding steroid dienone is 1. The van der Waals surface area contributed by atoms with E-state index in [4.69, 9.17) is 4.74 Å². The highest BCUT2D eigenvalue weighted by atomic mass is 16.6. The van der Waals surface area contributed by atoms with Gasteiger partial charge in [0.25, 0.3) is 0 Å². The molecule has 0 bridgehead atoms. The molecule has 0 radical (unpaired) electrons. The molecule has 2 amide bonds. The second-order valence-electron chi connectivity index (χ2n) is 4.55. The quantitative estimate of drug-likeness (QED) is 0.404. The van der Waals surface area contributed by atoms with Crippen LogP contribution in [0, 0.1) is 11.3 Å². The van der Waals surface area contributed by atoms with Crippen molar-refractivity contribution in [2.75, 3.05) is 6.61 Å². The van der Waals surface area contributed by atoms with Gasteiger partial charge in [-0.3, -0.25) is 14.9 Å².